The maximum absolute atomic E-state index is 5.06. The third kappa shape index (κ3) is 5.01. The summed E-state index contributed by atoms with van der Waals surface area (Å²) in [6.07, 6.45) is 8.24. The Labute approximate surface area is 104 Å². The van der Waals surface area contributed by atoms with E-state index in [0.29, 0.717) is 5.41 Å². The maximum Gasteiger partial charge on any atom is 0.0470 e. The Morgan fingerprint density at radius 3 is 2.60 bits per heavy atom. The summed E-state index contributed by atoms with van der Waals surface area (Å²) in [5, 5.41) is 0. The van der Waals surface area contributed by atoms with Crippen molar-refractivity contribution in [1.82, 2.24) is 0 Å². The monoisotopic (exact) mass is 248 g/mol. The molecule has 0 unspecified atom stereocenters. The first kappa shape index (κ1) is 13.7. The molecule has 0 heterocycles. The highest BCUT2D eigenvalue weighted by Crippen LogP contribution is 2.39. The molecule has 0 saturated heterocycles. The lowest BCUT2D eigenvalue weighted by Gasteiger charge is -2.35. The van der Waals surface area contributed by atoms with E-state index in [1.807, 2.05) is 0 Å². The second kappa shape index (κ2) is 7.86. The topological polar surface area (TPSA) is 9.23 Å². The molecule has 1 aliphatic rings. The van der Waals surface area contributed by atoms with Crippen molar-refractivity contribution >= 4 is 24.4 Å². The van der Waals surface area contributed by atoms with Crippen molar-refractivity contribution in [2.45, 2.75) is 38.5 Å². The van der Waals surface area contributed by atoms with Gasteiger partial charge in [0.05, 0.1) is 0 Å². The summed E-state index contributed by atoms with van der Waals surface area (Å²) in [6, 6.07) is 0. The lowest BCUT2D eigenvalue weighted by atomic mass is 9.77. The van der Waals surface area contributed by atoms with Gasteiger partial charge in [0.1, 0.15) is 0 Å². The Morgan fingerprint density at radius 1 is 1.27 bits per heavy atom. The normalized spacial score (nSPS) is 20.4. The molecule has 0 spiro atoms. The zero-order valence-electron chi connectivity index (χ0n) is 9.83. The van der Waals surface area contributed by atoms with Gasteiger partial charge in [-0.25, -0.2) is 0 Å². The Kier molecular flexibility index (Phi) is 7.19. The van der Waals surface area contributed by atoms with Crippen molar-refractivity contribution in [1.29, 1.82) is 0 Å². The van der Waals surface area contributed by atoms with Gasteiger partial charge < -0.3 is 4.74 Å². The SMILES string of the molecule is COCCCSCC1(CS)CCCCC1. The fraction of sp³-hybridized carbons (Fsp3) is 1.00. The smallest absolute Gasteiger partial charge is 0.0470 e. The Bertz CT molecular complexity index is 156. The molecule has 0 aromatic rings. The average Bonchev–Trinajstić information content (AvgIpc) is 2.30. The molecule has 3 heteroatoms. The van der Waals surface area contributed by atoms with Crippen LogP contribution in [0.3, 0.4) is 0 Å². The molecule has 0 atom stereocenters. The van der Waals surface area contributed by atoms with Crippen LogP contribution in [0.5, 0.6) is 0 Å². The van der Waals surface area contributed by atoms with Crippen LogP contribution in [0.1, 0.15) is 38.5 Å². The molecule has 0 radical (unpaired) electrons. The molecule has 1 saturated carbocycles. The largest absolute Gasteiger partial charge is 0.385 e. The van der Waals surface area contributed by atoms with E-state index in [2.05, 4.69) is 24.4 Å². The summed E-state index contributed by atoms with van der Waals surface area (Å²) in [6.45, 7) is 0.904. The summed E-state index contributed by atoms with van der Waals surface area (Å²) in [7, 11) is 1.78. The van der Waals surface area contributed by atoms with E-state index >= 15 is 0 Å². The Balaban J connectivity index is 2.15. The van der Waals surface area contributed by atoms with Crippen LogP contribution in [0.25, 0.3) is 0 Å². The molecule has 90 valence electrons. The molecule has 0 amide bonds. The van der Waals surface area contributed by atoms with Crippen LogP contribution in [0, 0.1) is 5.41 Å². The molecule has 0 aliphatic heterocycles. The lowest BCUT2D eigenvalue weighted by Crippen LogP contribution is -2.29. The molecule has 0 aromatic carbocycles. The number of hydrogen-bond acceptors (Lipinski definition) is 3. The first-order chi connectivity index (χ1) is 7.33. The van der Waals surface area contributed by atoms with E-state index in [1.165, 1.54) is 50.0 Å². The minimum absolute atomic E-state index is 0.555. The fourth-order valence-electron chi connectivity index (χ4n) is 2.24. The molecule has 1 fully saturated rings. The highest BCUT2D eigenvalue weighted by molar-refractivity contribution is 7.99. The van der Waals surface area contributed by atoms with Gasteiger partial charge in [-0.3, -0.25) is 0 Å². The molecule has 0 bridgehead atoms. The van der Waals surface area contributed by atoms with Gasteiger partial charge in [-0.1, -0.05) is 19.3 Å². The Hall–Kier alpha value is 0.660. The molecule has 1 rings (SSSR count). The number of thiol groups is 1. The molecule has 0 N–H and O–H groups in total. The maximum atomic E-state index is 5.06. The van der Waals surface area contributed by atoms with Crippen molar-refractivity contribution in [3.05, 3.63) is 0 Å². The van der Waals surface area contributed by atoms with Gasteiger partial charge in [-0.05, 0) is 41.9 Å². The number of hydrogen-bond donors (Lipinski definition) is 1. The van der Waals surface area contributed by atoms with Gasteiger partial charge in [0.2, 0.25) is 0 Å². The highest BCUT2D eigenvalue weighted by Gasteiger charge is 2.30. The average molecular weight is 248 g/mol. The van der Waals surface area contributed by atoms with Gasteiger partial charge in [0.15, 0.2) is 0 Å². The third-order valence-electron chi connectivity index (χ3n) is 3.30. The van der Waals surface area contributed by atoms with Gasteiger partial charge in [0.25, 0.3) is 0 Å². The summed E-state index contributed by atoms with van der Waals surface area (Å²) >= 11 is 6.65. The molecule has 15 heavy (non-hydrogen) atoms. The predicted octanol–water partition coefficient (Wildman–Crippen LogP) is 3.64. The van der Waals surface area contributed by atoms with Gasteiger partial charge in [0, 0.05) is 13.7 Å². The van der Waals surface area contributed by atoms with Crippen LogP contribution in [0.15, 0.2) is 0 Å². The van der Waals surface area contributed by atoms with Crippen LogP contribution in [-0.4, -0.2) is 31.0 Å². The van der Waals surface area contributed by atoms with Gasteiger partial charge in [-0.2, -0.15) is 24.4 Å². The summed E-state index contributed by atoms with van der Waals surface area (Å²) in [5.41, 5.74) is 0.555. The number of rotatable bonds is 7. The van der Waals surface area contributed by atoms with E-state index < -0.39 is 0 Å². The van der Waals surface area contributed by atoms with E-state index in [4.69, 9.17) is 4.74 Å². The second-order valence-corrected chi connectivity index (χ2v) is 6.04. The quantitative estimate of drug-likeness (QED) is 0.544. The zero-order valence-corrected chi connectivity index (χ0v) is 11.5. The minimum Gasteiger partial charge on any atom is -0.385 e. The van der Waals surface area contributed by atoms with E-state index in [-0.39, 0.29) is 0 Å². The van der Waals surface area contributed by atoms with Crippen LogP contribution < -0.4 is 0 Å². The number of ether oxygens (including phenoxy) is 1. The van der Waals surface area contributed by atoms with Crippen LogP contribution in [-0.2, 0) is 4.74 Å². The molecular formula is C12H24OS2. The standard InChI is InChI=1S/C12H24OS2/c1-13-8-5-9-15-11-12(10-14)6-3-2-4-7-12/h14H,2-11H2,1H3. The van der Waals surface area contributed by atoms with Crippen molar-refractivity contribution in [3.8, 4) is 0 Å². The molecular weight excluding hydrogens is 224 g/mol. The molecule has 1 aliphatic carbocycles. The third-order valence-corrected chi connectivity index (χ3v) is 5.36. The predicted molar refractivity (Wildman–Crippen MR) is 73.2 cm³/mol. The number of thioether (sulfide) groups is 1. The summed E-state index contributed by atoms with van der Waals surface area (Å²) < 4.78 is 5.06. The first-order valence-corrected chi connectivity index (χ1v) is 7.79. The molecule has 0 aromatic heterocycles. The minimum atomic E-state index is 0.555. The Morgan fingerprint density at radius 2 is 2.00 bits per heavy atom. The first-order valence-electron chi connectivity index (χ1n) is 6.00. The summed E-state index contributed by atoms with van der Waals surface area (Å²) in [5.74, 6) is 3.62. The van der Waals surface area contributed by atoms with Crippen molar-refractivity contribution in [3.63, 3.8) is 0 Å². The second-order valence-electron chi connectivity index (χ2n) is 4.62. The van der Waals surface area contributed by atoms with Gasteiger partial charge >= 0.3 is 0 Å². The van der Waals surface area contributed by atoms with Crippen LogP contribution in [0.2, 0.25) is 0 Å². The zero-order chi connectivity index (χ0) is 11.0. The van der Waals surface area contributed by atoms with E-state index in [0.717, 1.165) is 12.4 Å². The highest BCUT2D eigenvalue weighted by atomic mass is 32.2. The lowest BCUT2D eigenvalue weighted by molar-refractivity contribution is 0.200. The van der Waals surface area contributed by atoms with E-state index in [9.17, 15) is 0 Å². The van der Waals surface area contributed by atoms with Crippen molar-refractivity contribution in [2.24, 2.45) is 5.41 Å². The van der Waals surface area contributed by atoms with Gasteiger partial charge in [-0.15, -0.1) is 0 Å². The fourth-order valence-corrected chi connectivity index (χ4v) is 4.11. The van der Waals surface area contributed by atoms with Crippen molar-refractivity contribution in [2.75, 3.05) is 31.0 Å². The summed E-state index contributed by atoms with van der Waals surface area (Å²) in [4.78, 5) is 0. The van der Waals surface area contributed by atoms with Crippen LogP contribution in [0.4, 0.5) is 0 Å². The van der Waals surface area contributed by atoms with Crippen LogP contribution >= 0.6 is 24.4 Å². The number of methoxy groups -OCH3 is 1. The molecule has 1 nitrogen and oxygen atoms in total. The van der Waals surface area contributed by atoms with E-state index in [1.54, 1.807) is 7.11 Å². The van der Waals surface area contributed by atoms with Crippen molar-refractivity contribution < 1.29 is 4.74 Å².